The van der Waals surface area contributed by atoms with Gasteiger partial charge in [-0.1, -0.05) is 0 Å². The molecule has 2 rings (SSSR count). The van der Waals surface area contributed by atoms with Crippen LogP contribution >= 0.6 is 0 Å². The molecule has 2 aliphatic rings. The summed E-state index contributed by atoms with van der Waals surface area (Å²) >= 11 is 0. The number of carbonyl (C=O) groups is 2. The van der Waals surface area contributed by atoms with E-state index in [1.54, 1.807) is 0 Å². The lowest BCUT2D eigenvalue weighted by atomic mass is 10.1. The normalized spacial score (nSPS) is 32.9. The van der Waals surface area contributed by atoms with E-state index in [0.29, 0.717) is 0 Å². The Balaban J connectivity index is 2.35. The molecule has 0 aromatic rings. The van der Waals surface area contributed by atoms with Crippen LogP contribution in [0.25, 0.3) is 0 Å². The molecule has 2 heterocycles. The molecule has 3 amide bonds. The Labute approximate surface area is 73.4 Å². The highest BCUT2D eigenvalue weighted by molar-refractivity contribution is 6.07. The van der Waals surface area contributed by atoms with E-state index in [4.69, 9.17) is 0 Å². The third kappa shape index (κ3) is 0.903. The van der Waals surface area contributed by atoms with Crippen molar-refractivity contribution in [3.63, 3.8) is 0 Å². The Bertz CT molecular complexity index is 315. The molecule has 0 spiro atoms. The van der Waals surface area contributed by atoms with Gasteiger partial charge >= 0.3 is 6.03 Å². The molecular weight excluding hydrogens is 176 g/mol. The lowest BCUT2D eigenvalue weighted by Crippen LogP contribution is -2.68. The third-order valence-corrected chi connectivity index (χ3v) is 1.91. The molecule has 3 N–H and O–H groups in total. The first kappa shape index (κ1) is 7.99. The van der Waals surface area contributed by atoms with Gasteiger partial charge in [0.15, 0.2) is 0 Å². The van der Waals surface area contributed by atoms with Gasteiger partial charge in [0.25, 0.3) is 11.8 Å². The fraction of sp³-hybridized carbons (Fsp3) is 0.333. The van der Waals surface area contributed by atoms with Crippen molar-refractivity contribution in [2.75, 3.05) is 7.05 Å². The summed E-state index contributed by atoms with van der Waals surface area (Å²) in [6, 6.07) is -0.802. The quantitative estimate of drug-likeness (QED) is 0.404. The Kier molecular flexibility index (Phi) is 1.35. The number of aliphatic imine (C=N–C) groups is 1. The van der Waals surface area contributed by atoms with Gasteiger partial charge in [-0.05, 0) is 0 Å². The van der Waals surface area contributed by atoms with Crippen molar-refractivity contribution >= 4 is 18.3 Å². The standard InChI is InChI=1S/C6H7N4O3/c1-10-4(11)3-6(13,8-2-7-3)9-5(10)12/h2,13H,1H3,(H,7,8)(H,9,12). The predicted octanol–water partition coefficient (Wildman–Crippen LogP) is -2.02. The second-order valence-electron chi connectivity index (χ2n) is 2.76. The number of amides is 3. The van der Waals surface area contributed by atoms with Gasteiger partial charge in [0.1, 0.15) is 0 Å². The molecule has 1 radical (unpaired) electrons. The Morgan fingerprint density at radius 3 is 3.00 bits per heavy atom. The van der Waals surface area contributed by atoms with E-state index in [9.17, 15) is 14.7 Å². The Morgan fingerprint density at radius 2 is 2.31 bits per heavy atom. The average Bonchev–Trinajstić information content (AvgIpc) is 2.43. The number of hydrogen-bond donors (Lipinski definition) is 3. The van der Waals surface area contributed by atoms with Crippen molar-refractivity contribution in [1.29, 1.82) is 0 Å². The maximum atomic E-state index is 11.3. The maximum absolute atomic E-state index is 11.3. The molecule has 1 fully saturated rings. The molecule has 1 atom stereocenters. The van der Waals surface area contributed by atoms with Crippen LogP contribution in [-0.2, 0) is 4.79 Å². The van der Waals surface area contributed by atoms with E-state index in [-0.39, 0.29) is 6.04 Å². The summed E-state index contributed by atoms with van der Waals surface area (Å²) in [6.45, 7) is 0. The molecule has 0 bridgehead atoms. The number of carbonyl (C=O) groups excluding carboxylic acids is 2. The number of fused-ring (bicyclic) bond motifs is 1. The fourth-order valence-corrected chi connectivity index (χ4v) is 1.15. The molecule has 1 unspecified atom stereocenters. The molecule has 0 aliphatic carbocycles. The van der Waals surface area contributed by atoms with Crippen LogP contribution in [0.3, 0.4) is 0 Å². The molecule has 7 heteroatoms. The summed E-state index contributed by atoms with van der Waals surface area (Å²) < 4.78 is 0. The Hall–Kier alpha value is -1.63. The summed E-state index contributed by atoms with van der Waals surface area (Å²) in [5.74, 6) is -2.45. The minimum Gasteiger partial charge on any atom is -0.352 e. The van der Waals surface area contributed by atoms with Crippen LogP contribution in [0.1, 0.15) is 0 Å². The van der Waals surface area contributed by atoms with Gasteiger partial charge in [-0.3, -0.25) is 15.0 Å². The van der Waals surface area contributed by atoms with Gasteiger partial charge in [-0.15, -0.1) is 0 Å². The van der Waals surface area contributed by atoms with Crippen molar-refractivity contribution in [2.24, 2.45) is 4.99 Å². The number of nitrogens with zero attached hydrogens (tertiary/aromatic N) is 2. The fourth-order valence-electron chi connectivity index (χ4n) is 1.15. The van der Waals surface area contributed by atoms with E-state index in [2.05, 4.69) is 15.6 Å². The molecule has 13 heavy (non-hydrogen) atoms. The van der Waals surface area contributed by atoms with Gasteiger partial charge in [-0.25, -0.2) is 9.79 Å². The van der Waals surface area contributed by atoms with Crippen molar-refractivity contribution < 1.29 is 14.7 Å². The highest BCUT2D eigenvalue weighted by atomic mass is 16.3. The van der Waals surface area contributed by atoms with Crippen LogP contribution in [0.4, 0.5) is 4.79 Å². The molecular formula is C6H7N4O3. The highest BCUT2D eigenvalue weighted by Gasteiger charge is 2.53. The second-order valence-corrected chi connectivity index (χ2v) is 2.76. The van der Waals surface area contributed by atoms with Crippen molar-refractivity contribution in [3.8, 4) is 0 Å². The van der Waals surface area contributed by atoms with Crippen LogP contribution in [0, 0.1) is 6.04 Å². The number of rotatable bonds is 0. The number of likely N-dealkylation sites (N-methyl/N-ethyl adjacent to an activating group) is 1. The minimum atomic E-state index is -1.83. The van der Waals surface area contributed by atoms with Gasteiger partial charge in [0.05, 0.1) is 6.34 Å². The van der Waals surface area contributed by atoms with Gasteiger partial charge < -0.3 is 10.4 Å². The first-order valence-corrected chi connectivity index (χ1v) is 3.55. The van der Waals surface area contributed by atoms with E-state index in [0.717, 1.165) is 11.2 Å². The molecule has 69 valence electrons. The highest BCUT2D eigenvalue weighted by Crippen LogP contribution is 2.25. The SMILES string of the molecule is CN1C(=O)NC2(O)NC=N[C]2C1=O. The van der Waals surface area contributed by atoms with Gasteiger partial charge in [0, 0.05) is 7.05 Å². The van der Waals surface area contributed by atoms with Crippen LogP contribution in [-0.4, -0.2) is 41.2 Å². The third-order valence-electron chi connectivity index (χ3n) is 1.91. The average molecular weight is 183 g/mol. The molecule has 1 saturated heterocycles. The second kappa shape index (κ2) is 2.19. The zero-order chi connectivity index (χ0) is 9.64. The number of imide groups is 1. The van der Waals surface area contributed by atoms with E-state index >= 15 is 0 Å². The topological polar surface area (TPSA) is 94.0 Å². The summed E-state index contributed by atoms with van der Waals surface area (Å²) in [5.41, 5.74) is 0. The van der Waals surface area contributed by atoms with Crippen LogP contribution in [0.15, 0.2) is 4.99 Å². The first-order chi connectivity index (χ1) is 6.04. The minimum absolute atomic E-state index is 0.130. The summed E-state index contributed by atoms with van der Waals surface area (Å²) in [4.78, 5) is 26.9. The lowest BCUT2D eigenvalue weighted by molar-refractivity contribution is -0.133. The molecule has 0 aromatic heterocycles. The van der Waals surface area contributed by atoms with Crippen LogP contribution < -0.4 is 10.6 Å². The smallest absolute Gasteiger partial charge is 0.327 e. The number of nitrogens with one attached hydrogen (secondary N) is 2. The molecule has 0 saturated carbocycles. The summed E-state index contributed by atoms with van der Waals surface area (Å²) in [6.07, 6.45) is 1.16. The van der Waals surface area contributed by atoms with Crippen molar-refractivity contribution in [2.45, 2.75) is 5.85 Å². The number of hydrogen-bond acceptors (Lipinski definition) is 5. The van der Waals surface area contributed by atoms with Gasteiger partial charge in [0.2, 0.25) is 6.04 Å². The predicted molar refractivity (Wildman–Crippen MR) is 41.1 cm³/mol. The zero-order valence-corrected chi connectivity index (χ0v) is 6.74. The monoisotopic (exact) mass is 183 g/mol. The molecule has 0 aromatic carbocycles. The largest absolute Gasteiger partial charge is 0.352 e. The van der Waals surface area contributed by atoms with E-state index < -0.39 is 17.8 Å². The Morgan fingerprint density at radius 1 is 1.62 bits per heavy atom. The lowest BCUT2D eigenvalue weighted by Gasteiger charge is -2.35. The first-order valence-electron chi connectivity index (χ1n) is 3.55. The van der Waals surface area contributed by atoms with Crippen molar-refractivity contribution in [3.05, 3.63) is 6.04 Å². The summed E-state index contributed by atoms with van der Waals surface area (Å²) in [7, 11) is 1.30. The summed E-state index contributed by atoms with van der Waals surface area (Å²) in [5, 5.41) is 14.2. The van der Waals surface area contributed by atoms with Gasteiger partial charge in [-0.2, -0.15) is 0 Å². The van der Waals surface area contributed by atoms with E-state index in [1.165, 1.54) is 7.05 Å². The zero-order valence-electron chi connectivity index (χ0n) is 6.74. The van der Waals surface area contributed by atoms with Crippen LogP contribution in [0.5, 0.6) is 0 Å². The van der Waals surface area contributed by atoms with Crippen LogP contribution in [0.2, 0.25) is 0 Å². The van der Waals surface area contributed by atoms with E-state index in [1.807, 2.05) is 0 Å². The molecule has 2 aliphatic heterocycles. The van der Waals surface area contributed by atoms with Crippen molar-refractivity contribution in [1.82, 2.24) is 15.5 Å². The number of aliphatic hydroxyl groups is 1. The number of urea groups is 1. The maximum Gasteiger partial charge on any atom is 0.327 e. The molecule has 7 nitrogen and oxygen atoms in total.